The zero-order valence-corrected chi connectivity index (χ0v) is 13.9. The predicted octanol–water partition coefficient (Wildman–Crippen LogP) is 1.43. The predicted molar refractivity (Wildman–Crippen MR) is 95.1 cm³/mol. The molecular formula is C18H17N7O. The Morgan fingerprint density at radius 2 is 1.85 bits per heavy atom. The standard InChI is InChI=1S/C18H17N7O/c26-18(17(25-13-21-22-23-25)14-6-2-1-3-7-14)19-10-11-24-12-20-15-8-4-5-9-16(15)24/h1-9,12-13,17H,10-11H2,(H,19,26)/t17-/m0/s1. The molecule has 0 saturated carbocycles. The van der Waals surface area contributed by atoms with E-state index >= 15 is 0 Å². The van der Waals surface area contributed by atoms with Gasteiger partial charge < -0.3 is 9.88 Å². The molecule has 1 amide bonds. The molecule has 4 aromatic rings. The molecule has 4 rings (SSSR count). The number of imidazole rings is 1. The van der Waals surface area contributed by atoms with Gasteiger partial charge in [0.25, 0.3) is 0 Å². The molecule has 8 nitrogen and oxygen atoms in total. The molecule has 2 heterocycles. The van der Waals surface area contributed by atoms with Gasteiger partial charge >= 0.3 is 0 Å². The lowest BCUT2D eigenvalue weighted by molar-refractivity contribution is -0.123. The van der Waals surface area contributed by atoms with Gasteiger partial charge in [-0.1, -0.05) is 42.5 Å². The van der Waals surface area contributed by atoms with Crippen LogP contribution < -0.4 is 5.32 Å². The Hall–Kier alpha value is -3.55. The van der Waals surface area contributed by atoms with Crippen LogP contribution >= 0.6 is 0 Å². The minimum absolute atomic E-state index is 0.159. The molecule has 0 aliphatic heterocycles. The highest BCUT2D eigenvalue weighted by Crippen LogP contribution is 2.17. The second-order valence-corrected chi connectivity index (χ2v) is 5.82. The van der Waals surface area contributed by atoms with Gasteiger partial charge in [-0.25, -0.2) is 9.67 Å². The van der Waals surface area contributed by atoms with Gasteiger partial charge in [-0.3, -0.25) is 4.79 Å². The van der Waals surface area contributed by atoms with E-state index in [1.54, 1.807) is 6.33 Å². The summed E-state index contributed by atoms with van der Waals surface area (Å²) in [5, 5.41) is 14.2. The number of tetrazole rings is 1. The molecule has 0 unspecified atom stereocenters. The zero-order chi connectivity index (χ0) is 17.8. The Morgan fingerprint density at radius 3 is 2.65 bits per heavy atom. The lowest BCUT2D eigenvalue weighted by Gasteiger charge is -2.16. The normalized spacial score (nSPS) is 12.2. The van der Waals surface area contributed by atoms with Crippen molar-refractivity contribution in [3.63, 3.8) is 0 Å². The maximum Gasteiger partial charge on any atom is 0.249 e. The van der Waals surface area contributed by atoms with Gasteiger partial charge in [0, 0.05) is 13.1 Å². The summed E-state index contributed by atoms with van der Waals surface area (Å²) in [6.45, 7) is 1.11. The topological polar surface area (TPSA) is 90.5 Å². The number of nitrogens with one attached hydrogen (secondary N) is 1. The quantitative estimate of drug-likeness (QED) is 0.570. The van der Waals surface area contributed by atoms with Crippen molar-refractivity contribution >= 4 is 16.9 Å². The first-order valence-corrected chi connectivity index (χ1v) is 8.28. The molecule has 0 bridgehead atoms. The van der Waals surface area contributed by atoms with Crippen molar-refractivity contribution in [2.24, 2.45) is 0 Å². The number of nitrogens with zero attached hydrogens (tertiary/aromatic N) is 6. The summed E-state index contributed by atoms with van der Waals surface area (Å²) in [5.74, 6) is -0.159. The highest BCUT2D eigenvalue weighted by Gasteiger charge is 2.23. The van der Waals surface area contributed by atoms with E-state index in [0.717, 1.165) is 16.6 Å². The minimum atomic E-state index is -0.606. The lowest BCUT2D eigenvalue weighted by Crippen LogP contribution is -2.35. The Kier molecular flexibility index (Phi) is 4.38. The van der Waals surface area contributed by atoms with Crippen LogP contribution in [-0.2, 0) is 11.3 Å². The van der Waals surface area contributed by atoms with Gasteiger partial charge in [-0.15, -0.1) is 5.10 Å². The number of rotatable bonds is 6. The molecule has 2 aromatic carbocycles. The van der Waals surface area contributed by atoms with E-state index in [9.17, 15) is 4.79 Å². The summed E-state index contributed by atoms with van der Waals surface area (Å²) >= 11 is 0. The fourth-order valence-electron chi connectivity index (χ4n) is 2.93. The number of carbonyl (C=O) groups excluding carboxylic acids is 1. The van der Waals surface area contributed by atoms with Crippen LogP contribution in [0.4, 0.5) is 0 Å². The van der Waals surface area contributed by atoms with Crippen LogP contribution in [0.1, 0.15) is 11.6 Å². The summed E-state index contributed by atoms with van der Waals surface area (Å²) in [4.78, 5) is 17.1. The Bertz CT molecular complexity index is 995. The molecule has 1 atom stereocenters. The molecule has 0 saturated heterocycles. The van der Waals surface area contributed by atoms with Crippen LogP contribution in [0.15, 0.2) is 67.3 Å². The maximum atomic E-state index is 12.8. The zero-order valence-electron chi connectivity index (χ0n) is 13.9. The SMILES string of the molecule is O=C(NCCn1cnc2ccccc21)[C@H](c1ccccc1)n1cnnn1. The van der Waals surface area contributed by atoms with E-state index in [0.29, 0.717) is 13.1 Å². The van der Waals surface area contributed by atoms with Crippen molar-refractivity contribution in [2.45, 2.75) is 12.6 Å². The number of amides is 1. The van der Waals surface area contributed by atoms with E-state index in [4.69, 9.17) is 0 Å². The van der Waals surface area contributed by atoms with Gasteiger partial charge in [-0.2, -0.15) is 0 Å². The van der Waals surface area contributed by atoms with Crippen LogP contribution in [0, 0.1) is 0 Å². The van der Waals surface area contributed by atoms with E-state index in [-0.39, 0.29) is 5.91 Å². The molecule has 0 spiro atoms. The average molecular weight is 347 g/mol. The van der Waals surface area contributed by atoms with E-state index in [2.05, 4.69) is 25.8 Å². The third-order valence-corrected chi connectivity index (χ3v) is 4.17. The summed E-state index contributed by atoms with van der Waals surface area (Å²) in [7, 11) is 0. The van der Waals surface area contributed by atoms with Crippen molar-refractivity contribution < 1.29 is 4.79 Å². The first kappa shape index (κ1) is 15.9. The highest BCUT2D eigenvalue weighted by molar-refractivity contribution is 5.83. The largest absolute Gasteiger partial charge is 0.352 e. The van der Waals surface area contributed by atoms with Crippen molar-refractivity contribution in [2.75, 3.05) is 6.54 Å². The Labute approximate surface area is 149 Å². The first-order valence-electron chi connectivity index (χ1n) is 8.28. The molecule has 0 fully saturated rings. The molecule has 26 heavy (non-hydrogen) atoms. The lowest BCUT2D eigenvalue weighted by atomic mass is 10.1. The number of hydrogen-bond acceptors (Lipinski definition) is 5. The summed E-state index contributed by atoms with van der Waals surface area (Å²) < 4.78 is 3.47. The third-order valence-electron chi connectivity index (χ3n) is 4.17. The van der Waals surface area contributed by atoms with Crippen LogP contribution in [0.25, 0.3) is 11.0 Å². The smallest absolute Gasteiger partial charge is 0.249 e. The fraction of sp³-hybridized carbons (Fsp3) is 0.167. The molecule has 8 heteroatoms. The van der Waals surface area contributed by atoms with E-state index in [1.165, 1.54) is 11.0 Å². The third kappa shape index (κ3) is 3.16. The molecule has 0 aliphatic carbocycles. The van der Waals surface area contributed by atoms with Gasteiger partial charge in [0.1, 0.15) is 6.33 Å². The van der Waals surface area contributed by atoms with Gasteiger partial charge in [-0.05, 0) is 28.1 Å². The number of fused-ring (bicyclic) bond motifs is 1. The number of benzene rings is 2. The Morgan fingerprint density at radius 1 is 1.04 bits per heavy atom. The maximum absolute atomic E-state index is 12.8. The van der Waals surface area contributed by atoms with Crippen molar-refractivity contribution in [1.29, 1.82) is 0 Å². The number of hydrogen-bond donors (Lipinski definition) is 1. The molecule has 1 N–H and O–H groups in total. The summed E-state index contributed by atoms with van der Waals surface area (Å²) in [6.07, 6.45) is 3.23. The second-order valence-electron chi connectivity index (χ2n) is 5.82. The molecule has 0 radical (unpaired) electrons. The molecule has 2 aromatic heterocycles. The van der Waals surface area contributed by atoms with Gasteiger partial charge in [0.05, 0.1) is 17.4 Å². The summed E-state index contributed by atoms with van der Waals surface area (Å²) in [6, 6.07) is 16.7. The summed E-state index contributed by atoms with van der Waals surface area (Å²) in [5.41, 5.74) is 2.81. The van der Waals surface area contributed by atoms with Crippen molar-refractivity contribution in [3.05, 3.63) is 72.8 Å². The number of aromatic nitrogens is 6. The first-order chi connectivity index (χ1) is 12.8. The fourth-order valence-corrected chi connectivity index (χ4v) is 2.93. The molecule has 0 aliphatic rings. The van der Waals surface area contributed by atoms with Crippen molar-refractivity contribution in [1.82, 2.24) is 35.1 Å². The monoisotopic (exact) mass is 347 g/mol. The number of carbonyl (C=O) groups is 1. The van der Waals surface area contributed by atoms with Crippen LogP contribution in [-0.4, -0.2) is 42.2 Å². The van der Waals surface area contributed by atoms with Crippen molar-refractivity contribution in [3.8, 4) is 0 Å². The van der Waals surface area contributed by atoms with Gasteiger partial charge in [0.15, 0.2) is 6.04 Å². The van der Waals surface area contributed by atoms with E-state index in [1.807, 2.05) is 59.2 Å². The van der Waals surface area contributed by atoms with E-state index < -0.39 is 6.04 Å². The van der Waals surface area contributed by atoms with Crippen LogP contribution in [0.5, 0.6) is 0 Å². The van der Waals surface area contributed by atoms with Gasteiger partial charge in [0.2, 0.25) is 5.91 Å². The Balaban J connectivity index is 1.47. The number of para-hydroxylation sites is 2. The minimum Gasteiger partial charge on any atom is -0.352 e. The molecule has 130 valence electrons. The average Bonchev–Trinajstić information content (AvgIpc) is 3.34. The van der Waals surface area contributed by atoms with Crippen LogP contribution in [0.2, 0.25) is 0 Å². The second kappa shape index (κ2) is 7.14. The molecular weight excluding hydrogens is 330 g/mol. The highest BCUT2D eigenvalue weighted by atomic mass is 16.2. The van der Waals surface area contributed by atoms with Crippen LogP contribution in [0.3, 0.4) is 0 Å².